The number of carboxylic acids is 1. The van der Waals surface area contributed by atoms with E-state index in [1.165, 1.54) is 0 Å². The Morgan fingerprint density at radius 2 is 1.94 bits per heavy atom. The number of rotatable bonds is 5. The topological polar surface area (TPSA) is 40.5 Å². The maximum Gasteiger partial charge on any atom is 0.324 e. The average Bonchev–Trinajstić information content (AvgIpc) is 2.28. The fourth-order valence-corrected chi connectivity index (χ4v) is 1.72. The second-order valence-corrected chi connectivity index (χ2v) is 4.26. The van der Waals surface area contributed by atoms with Crippen molar-refractivity contribution >= 4 is 5.97 Å². The predicted molar refractivity (Wildman–Crippen MR) is 64.5 cm³/mol. The van der Waals surface area contributed by atoms with Gasteiger partial charge in [-0.2, -0.15) is 0 Å². The molecule has 0 radical (unpaired) electrons. The largest absolute Gasteiger partial charge is 0.480 e. The van der Waals surface area contributed by atoms with Gasteiger partial charge in [-0.1, -0.05) is 37.3 Å². The summed E-state index contributed by atoms with van der Waals surface area (Å²) in [5, 5.41) is 9.35. The summed E-state index contributed by atoms with van der Waals surface area (Å²) in [6.07, 6.45) is 0.521. The molecule has 1 N–H and O–H groups in total. The van der Waals surface area contributed by atoms with E-state index in [9.17, 15) is 9.90 Å². The van der Waals surface area contributed by atoms with Crippen molar-refractivity contribution in [3.8, 4) is 0 Å². The molecule has 0 saturated heterocycles. The molecular weight excluding hydrogens is 202 g/mol. The summed E-state index contributed by atoms with van der Waals surface area (Å²) in [5.74, 6) is -0.777. The molecule has 0 aliphatic heterocycles. The van der Waals surface area contributed by atoms with Crippen LogP contribution in [0.3, 0.4) is 0 Å². The minimum Gasteiger partial charge on any atom is -0.480 e. The van der Waals surface area contributed by atoms with Crippen molar-refractivity contribution in [1.29, 1.82) is 0 Å². The third-order valence-electron chi connectivity index (χ3n) is 3.17. The molecule has 0 aliphatic rings. The van der Waals surface area contributed by atoms with Gasteiger partial charge in [0.05, 0.1) is 0 Å². The first-order valence-corrected chi connectivity index (χ1v) is 5.49. The predicted octanol–water partition coefficient (Wildman–Crippen LogP) is 2.02. The maximum absolute atomic E-state index is 11.4. The Morgan fingerprint density at radius 3 is 2.38 bits per heavy atom. The molecule has 3 nitrogen and oxygen atoms in total. The molecule has 0 aliphatic carbocycles. The van der Waals surface area contributed by atoms with Crippen LogP contribution in [0.4, 0.5) is 0 Å². The van der Waals surface area contributed by atoms with E-state index in [1.54, 1.807) is 6.92 Å². The van der Waals surface area contributed by atoms with Crippen LogP contribution in [0.2, 0.25) is 0 Å². The lowest BCUT2D eigenvalue weighted by molar-refractivity contribution is -0.149. The lowest BCUT2D eigenvalue weighted by Gasteiger charge is -2.34. The quantitative estimate of drug-likeness (QED) is 0.827. The molecule has 0 heterocycles. The highest BCUT2D eigenvalue weighted by Crippen LogP contribution is 2.19. The van der Waals surface area contributed by atoms with Gasteiger partial charge >= 0.3 is 5.97 Å². The average molecular weight is 221 g/mol. The van der Waals surface area contributed by atoms with E-state index in [1.807, 2.05) is 49.2 Å². The third kappa shape index (κ3) is 2.61. The number of carbonyl (C=O) groups is 1. The minimum atomic E-state index is -0.837. The molecule has 16 heavy (non-hydrogen) atoms. The zero-order valence-corrected chi connectivity index (χ0v) is 10.1. The van der Waals surface area contributed by atoms with Crippen molar-refractivity contribution < 1.29 is 9.90 Å². The highest BCUT2D eigenvalue weighted by molar-refractivity contribution is 5.78. The fourth-order valence-electron chi connectivity index (χ4n) is 1.72. The Morgan fingerprint density at radius 1 is 1.38 bits per heavy atom. The van der Waals surface area contributed by atoms with Crippen molar-refractivity contribution in [2.45, 2.75) is 25.8 Å². The van der Waals surface area contributed by atoms with Crippen LogP contribution < -0.4 is 0 Å². The van der Waals surface area contributed by atoms with Crippen LogP contribution in [-0.4, -0.2) is 35.1 Å². The Bertz CT molecular complexity index is 350. The first-order valence-electron chi connectivity index (χ1n) is 5.49. The van der Waals surface area contributed by atoms with E-state index >= 15 is 0 Å². The summed E-state index contributed by atoms with van der Waals surface area (Å²) in [5.41, 5.74) is 0.212. The highest BCUT2D eigenvalue weighted by atomic mass is 16.4. The number of carboxylic acid groups (broad SMARTS) is 1. The Balaban J connectivity index is 2.92. The second kappa shape index (κ2) is 5.12. The smallest absolute Gasteiger partial charge is 0.324 e. The van der Waals surface area contributed by atoms with Gasteiger partial charge in [-0.05, 0) is 26.1 Å². The van der Waals surface area contributed by atoms with E-state index < -0.39 is 11.5 Å². The fraction of sp³-hybridized carbons (Fsp3) is 0.462. The lowest BCUT2D eigenvalue weighted by atomic mass is 9.91. The van der Waals surface area contributed by atoms with Gasteiger partial charge in [0.25, 0.3) is 0 Å². The van der Waals surface area contributed by atoms with Gasteiger partial charge in [0.1, 0.15) is 5.54 Å². The zero-order valence-electron chi connectivity index (χ0n) is 10.1. The molecule has 0 spiro atoms. The van der Waals surface area contributed by atoms with E-state index in [-0.39, 0.29) is 0 Å². The summed E-state index contributed by atoms with van der Waals surface area (Å²) in [6.45, 7) is 4.45. The van der Waals surface area contributed by atoms with Crippen LogP contribution in [0.25, 0.3) is 0 Å². The van der Waals surface area contributed by atoms with Crippen molar-refractivity contribution in [2.24, 2.45) is 0 Å². The van der Waals surface area contributed by atoms with E-state index in [0.717, 1.165) is 12.1 Å². The SMILES string of the molecule is CCN(C)C(C)(Cc1ccccc1)C(=O)O. The van der Waals surface area contributed by atoms with Gasteiger partial charge in [0.2, 0.25) is 0 Å². The molecule has 3 heteroatoms. The lowest BCUT2D eigenvalue weighted by Crippen LogP contribution is -2.52. The molecule has 88 valence electrons. The molecule has 1 unspecified atom stereocenters. The standard InChI is InChI=1S/C13H19NO2/c1-4-14(3)13(2,12(15)16)10-11-8-6-5-7-9-11/h5-9H,4,10H2,1-3H3,(H,15,16). The molecule has 1 aromatic carbocycles. The minimum absolute atomic E-state index is 0.521. The number of hydrogen-bond donors (Lipinski definition) is 1. The number of nitrogens with zero attached hydrogens (tertiary/aromatic N) is 1. The van der Waals surface area contributed by atoms with Crippen molar-refractivity contribution in [3.63, 3.8) is 0 Å². The normalized spacial score (nSPS) is 14.8. The van der Waals surface area contributed by atoms with Gasteiger partial charge < -0.3 is 5.11 Å². The summed E-state index contributed by atoms with van der Waals surface area (Å²) >= 11 is 0. The van der Waals surface area contributed by atoms with Gasteiger partial charge in [-0.15, -0.1) is 0 Å². The van der Waals surface area contributed by atoms with Gasteiger partial charge in [0.15, 0.2) is 0 Å². The maximum atomic E-state index is 11.4. The first-order chi connectivity index (χ1) is 7.50. The van der Waals surface area contributed by atoms with Gasteiger partial charge in [0, 0.05) is 6.42 Å². The van der Waals surface area contributed by atoms with Crippen LogP contribution in [0.15, 0.2) is 30.3 Å². The monoisotopic (exact) mass is 221 g/mol. The van der Waals surface area contributed by atoms with Crippen LogP contribution in [0.1, 0.15) is 19.4 Å². The number of aliphatic carboxylic acids is 1. The van der Waals surface area contributed by atoms with Crippen LogP contribution in [0, 0.1) is 0 Å². The van der Waals surface area contributed by atoms with Crippen LogP contribution in [-0.2, 0) is 11.2 Å². The Labute approximate surface area is 96.7 Å². The van der Waals surface area contributed by atoms with Crippen LogP contribution in [0.5, 0.6) is 0 Å². The molecule has 1 atom stereocenters. The van der Waals surface area contributed by atoms with E-state index in [4.69, 9.17) is 0 Å². The zero-order chi connectivity index (χ0) is 12.2. The summed E-state index contributed by atoms with van der Waals surface area (Å²) in [6, 6.07) is 9.73. The third-order valence-corrected chi connectivity index (χ3v) is 3.17. The molecular formula is C13H19NO2. The first kappa shape index (κ1) is 12.7. The molecule has 0 aromatic heterocycles. The number of hydrogen-bond acceptors (Lipinski definition) is 2. The van der Waals surface area contributed by atoms with Crippen molar-refractivity contribution in [1.82, 2.24) is 4.90 Å². The summed E-state index contributed by atoms with van der Waals surface area (Å²) in [4.78, 5) is 13.2. The van der Waals surface area contributed by atoms with Gasteiger partial charge in [-0.3, -0.25) is 9.69 Å². The highest BCUT2D eigenvalue weighted by Gasteiger charge is 2.36. The van der Waals surface area contributed by atoms with Crippen molar-refractivity contribution in [2.75, 3.05) is 13.6 Å². The molecule has 0 bridgehead atoms. The molecule has 1 aromatic rings. The molecule has 1 rings (SSSR count). The molecule has 0 fully saturated rings. The Kier molecular flexibility index (Phi) is 4.07. The molecule has 0 saturated carbocycles. The van der Waals surface area contributed by atoms with E-state index in [0.29, 0.717) is 6.42 Å². The van der Waals surface area contributed by atoms with Gasteiger partial charge in [-0.25, -0.2) is 0 Å². The number of benzene rings is 1. The summed E-state index contributed by atoms with van der Waals surface area (Å²) in [7, 11) is 1.84. The number of likely N-dealkylation sites (N-methyl/N-ethyl adjacent to an activating group) is 1. The molecule has 0 amide bonds. The summed E-state index contributed by atoms with van der Waals surface area (Å²) < 4.78 is 0. The van der Waals surface area contributed by atoms with E-state index in [2.05, 4.69) is 0 Å². The Hall–Kier alpha value is -1.35. The second-order valence-electron chi connectivity index (χ2n) is 4.26. The van der Waals surface area contributed by atoms with Crippen molar-refractivity contribution in [3.05, 3.63) is 35.9 Å². The van der Waals surface area contributed by atoms with Crippen LogP contribution >= 0.6 is 0 Å².